The molecule has 2 rings (SSSR count). The van der Waals surface area contributed by atoms with Crippen molar-refractivity contribution < 1.29 is 4.74 Å². The van der Waals surface area contributed by atoms with Crippen LogP contribution in [0.1, 0.15) is 23.3 Å². The first-order valence-electron chi connectivity index (χ1n) is 6.09. The van der Waals surface area contributed by atoms with Gasteiger partial charge in [0.05, 0.1) is 7.11 Å². The zero-order chi connectivity index (χ0) is 12.8. The second-order valence-electron chi connectivity index (χ2n) is 4.21. The summed E-state index contributed by atoms with van der Waals surface area (Å²) in [5, 5.41) is 0.522. The Balaban J connectivity index is 1.91. The third-order valence-electron chi connectivity index (χ3n) is 2.93. The van der Waals surface area contributed by atoms with E-state index in [0.29, 0.717) is 5.25 Å². The molecule has 0 radical (unpaired) electrons. The summed E-state index contributed by atoms with van der Waals surface area (Å²) < 4.78 is 5.16. The van der Waals surface area contributed by atoms with Crippen LogP contribution in [0, 0.1) is 0 Å². The molecule has 0 amide bonds. The highest BCUT2D eigenvalue weighted by atomic mass is 32.2. The molecule has 0 saturated carbocycles. The molecule has 0 aliphatic rings. The average molecular weight is 258 g/mol. The predicted octanol–water partition coefficient (Wildman–Crippen LogP) is 4.69. The maximum Gasteiger partial charge on any atom is 0.118 e. The van der Waals surface area contributed by atoms with E-state index in [4.69, 9.17) is 4.74 Å². The minimum Gasteiger partial charge on any atom is -0.497 e. The fourth-order valence-electron chi connectivity index (χ4n) is 1.76. The number of hydrogen-bond acceptors (Lipinski definition) is 2. The second kappa shape index (κ2) is 6.50. The van der Waals surface area contributed by atoms with Gasteiger partial charge >= 0.3 is 0 Å². The summed E-state index contributed by atoms with van der Waals surface area (Å²) in [5.41, 5.74) is 2.72. The van der Waals surface area contributed by atoms with Crippen LogP contribution in [-0.4, -0.2) is 7.11 Å². The Hall–Kier alpha value is -1.41. The molecule has 0 aliphatic carbocycles. The highest BCUT2D eigenvalue weighted by molar-refractivity contribution is 7.98. The Morgan fingerprint density at radius 1 is 1.00 bits per heavy atom. The van der Waals surface area contributed by atoms with E-state index in [-0.39, 0.29) is 0 Å². The van der Waals surface area contributed by atoms with Crippen molar-refractivity contribution in [2.45, 2.75) is 17.9 Å². The van der Waals surface area contributed by atoms with Gasteiger partial charge in [0, 0.05) is 11.0 Å². The Labute approximate surface area is 113 Å². The van der Waals surface area contributed by atoms with Gasteiger partial charge in [-0.15, -0.1) is 11.8 Å². The summed E-state index contributed by atoms with van der Waals surface area (Å²) in [6.07, 6.45) is 0. The van der Waals surface area contributed by atoms with Gasteiger partial charge < -0.3 is 4.74 Å². The van der Waals surface area contributed by atoms with Crippen molar-refractivity contribution in [2.75, 3.05) is 7.11 Å². The lowest BCUT2D eigenvalue weighted by Crippen LogP contribution is -1.89. The quantitative estimate of drug-likeness (QED) is 0.769. The van der Waals surface area contributed by atoms with Gasteiger partial charge in [-0.25, -0.2) is 0 Å². The summed E-state index contributed by atoms with van der Waals surface area (Å²) in [7, 11) is 1.70. The molecular formula is C16H18OS. The molecule has 0 fully saturated rings. The summed E-state index contributed by atoms with van der Waals surface area (Å²) in [5.74, 6) is 1.94. The van der Waals surface area contributed by atoms with Crippen LogP contribution in [0.3, 0.4) is 0 Å². The van der Waals surface area contributed by atoms with Crippen LogP contribution < -0.4 is 4.74 Å². The first-order valence-corrected chi connectivity index (χ1v) is 7.14. The Kier molecular flexibility index (Phi) is 4.71. The summed E-state index contributed by atoms with van der Waals surface area (Å²) >= 11 is 1.96. The highest BCUT2D eigenvalue weighted by Gasteiger charge is 2.05. The molecule has 1 nitrogen and oxygen atoms in total. The van der Waals surface area contributed by atoms with Crippen molar-refractivity contribution in [3.8, 4) is 5.75 Å². The van der Waals surface area contributed by atoms with E-state index in [2.05, 4.69) is 49.4 Å². The highest BCUT2D eigenvalue weighted by Crippen LogP contribution is 2.31. The third kappa shape index (κ3) is 3.54. The zero-order valence-electron chi connectivity index (χ0n) is 10.8. The Morgan fingerprint density at radius 3 is 2.28 bits per heavy atom. The van der Waals surface area contributed by atoms with Gasteiger partial charge in [0.2, 0.25) is 0 Å². The maximum atomic E-state index is 5.16. The van der Waals surface area contributed by atoms with Crippen LogP contribution in [0.2, 0.25) is 0 Å². The van der Waals surface area contributed by atoms with E-state index in [1.165, 1.54) is 11.1 Å². The van der Waals surface area contributed by atoms with E-state index in [0.717, 1.165) is 11.5 Å². The normalized spacial score (nSPS) is 12.1. The third-order valence-corrected chi connectivity index (χ3v) is 4.20. The summed E-state index contributed by atoms with van der Waals surface area (Å²) in [6.45, 7) is 2.25. The van der Waals surface area contributed by atoms with E-state index < -0.39 is 0 Å². The molecule has 1 atom stereocenters. The molecule has 0 saturated heterocycles. The zero-order valence-corrected chi connectivity index (χ0v) is 11.6. The lowest BCUT2D eigenvalue weighted by atomic mass is 10.2. The van der Waals surface area contributed by atoms with Crippen LogP contribution in [0.25, 0.3) is 0 Å². The van der Waals surface area contributed by atoms with Gasteiger partial charge in [-0.1, -0.05) is 42.5 Å². The van der Waals surface area contributed by atoms with Crippen molar-refractivity contribution in [2.24, 2.45) is 0 Å². The molecule has 2 heteroatoms. The average Bonchev–Trinajstić information content (AvgIpc) is 2.46. The number of benzene rings is 2. The predicted molar refractivity (Wildman–Crippen MR) is 79.1 cm³/mol. The smallest absolute Gasteiger partial charge is 0.118 e. The molecule has 1 unspecified atom stereocenters. The molecule has 0 aromatic heterocycles. The molecule has 2 aromatic rings. The van der Waals surface area contributed by atoms with Crippen LogP contribution in [0.15, 0.2) is 54.6 Å². The minimum atomic E-state index is 0.522. The lowest BCUT2D eigenvalue weighted by Gasteiger charge is -2.11. The van der Waals surface area contributed by atoms with E-state index in [9.17, 15) is 0 Å². The van der Waals surface area contributed by atoms with Crippen LogP contribution in [0.5, 0.6) is 5.75 Å². The minimum absolute atomic E-state index is 0.522. The molecule has 0 heterocycles. The fraction of sp³-hybridized carbons (Fsp3) is 0.250. The molecule has 2 aromatic carbocycles. The topological polar surface area (TPSA) is 9.23 Å². The van der Waals surface area contributed by atoms with Gasteiger partial charge in [-0.05, 0) is 30.2 Å². The fourth-order valence-corrected chi connectivity index (χ4v) is 2.75. The maximum absolute atomic E-state index is 5.16. The number of hydrogen-bond donors (Lipinski definition) is 0. The molecule has 0 aliphatic heterocycles. The van der Waals surface area contributed by atoms with Crippen molar-refractivity contribution in [1.82, 2.24) is 0 Å². The van der Waals surface area contributed by atoms with Crippen LogP contribution in [-0.2, 0) is 5.75 Å². The SMILES string of the molecule is COc1ccc(CSC(C)c2ccccc2)cc1. The standard InChI is InChI=1S/C16H18OS/c1-13(15-6-4-3-5-7-15)18-12-14-8-10-16(17-2)11-9-14/h3-11,13H,12H2,1-2H3. The van der Waals surface area contributed by atoms with Gasteiger partial charge in [-0.2, -0.15) is 0 Å². The summed E-state index contributed by atoms with van der Waals surface area (Å²) in [6, 6.07) is 18.9. The van der Waals surface area contributed by atoms with E-state index >= 15 is 0 Å². The molecule has 0 N–H and O–H groups in total. The molecule has 18 heavy (non-hydrogen) atoms. The largest absolute Gasteiger partial charge is 0.497 e. The summed E-state index contributed by atoms with van der Waals surface area (Å²) in [4.78, 5) is 0. The van der Waals surface area contributed by atoms with Crippen molar-refractivity contribution >= 4 is 11.8 Å². The number of methoxy groups -OCH3 is 1. The van der Waals surface area contributed by atoms with Crippen molar-refractivity contribution in [3.05, 3.63) is 65.7 Å². The molecule has 94 valence electrons. The van der Waals surface area contributed by atoms with Crippen molar-refractivity contribution in [3.63, 3.8) is 0 Å². The monoisotopic (exact) mass is 258 g/mol. The van der Waals surface area contributed by atoms with Crippen molar-refractivity contribution in [1.29, 1.82) is 0 Å². The van der Waals surface area contributed by atoms with Gasteiger partial charge in [0.25, 0.3) is 0 Å². The van der Waals surface area contributed by atoms with Gasteiger partial charge in [0.1, 0.15) is 5.75 Å². The first kappa shape index (κ1) is 13.0. The Bertz CT molecular complexity index is 464. The second-order valence-corrected chi connectivity index (χ2v) is 5.54. The van der Waals surface area contributed by atoms with Crippen LogP contribution in [0.4, 0.5) is 0 Å². The molecule has 0 spiro atoms. The Morgan fingerprint density at radius 2 is 1.67 bits per heavy atom. The van der Waals surface area contributed by atoms with Crippen LogP contribution >= 0.6 is 11.8 Å². The molecule has 0 bridgehead atoms. The lowest BCUT2D eigenvalue weighted by molar-refractivity contribution is 0.414. The van der Waals surface area contributed by atoms with E-state index in [1.807, 2.05) is 23.9 Å². The van der Waals surface area contributed by atoms with Gasteiger partial charge in [-0.3, -0.25) is 0 Å². The number of ether oxygens (including phenoxy) is 1. The number of thioether (sulfide) groups is 1. The molecular weight excluding hydrogens is 240 g/mol. The first-order chi connectivity index (χ1) is 8.79. The van der Waals surface area contributed by atoms with Gasteiger partial charge in [0.15, 0.2) is 0 Å². The number of rotatable bonds is 5. The van der Waals surface area contributed by atoms with E-state index in [1.54, 1.807) is 7.11 Å².